The van der Waals surface area contributed by atoms with E-state index in [0.717, 1.165) is 38.5 Å². The standard InChI is InChI=1S/C28H40N2O5/c1-5-20-9-6-7-10-23(20)21-11-13-22(14-12-21)34-17-24-28(19-33-18-25(31)29-28)15-8-16-30(24)26(32)35-27(2,3)4/h5-7,9-10,21-22,24H,1,8,11-19H2,2-4H3,(H,29,31). The Bertz CT molecular complexity index is 914. The molecule has 0 bridgehead atoms. The lowest BCUT2D eigenvalue weighted by Gasteiger charge is -2.51. The summed E-state index contributed by atoms with van der Waals surface area (Å²) in [5.74, 6) is 0.364. The number of rotatable bonds is 5. The molecule has 1 aliphatic carbocycles. The molecule has 3 aliphatic rings. The van der Waals surface area contributed by atoms with Gasteiger partial charge in [0.15, 0.2) is 0 Å². The lowest BCUT2D eigenvalue weighted by atomic mass is 9.80. The Morgan fingerprint density at radius 3 is 2.69 bits per heavy atom. The predicted octanol–water partition coefficient (Wildman–Crippen LogP) is 4.66. The third-order valence-electron chi connectivity index (χ3n) is 7.46. The molecule has 2 unspecified atom stereocenters. The first-order chi connectivity index (χ1) is 16.7. The van der Waals surface area contributed by atoms with Crippen molar-refractivity contribution in [1.82, 2.24) is 10.2 Å². The second-order valence-electron chi connectivity index (χ2n) is 11.1. The van der Waals surface area contributed by atoms with Crippen molar-refractivity contribution in [2.75, 3.05) is 26.4 Å². The SMILES string of the molecule is C=Cc1ccccc1C1CCC(OCC2N(C(=O)OC(C)(C)C)CCCC23COCC(=O)N3)CC1. The summed E-state index contributed by atoms with van der Waals surface area (Å²) < 4.78 is 17.8. The van der Waals surface area contributed by atoms with E-state index in [1.807, 2.05) is 26.8 Å². The van der Waals surface area contributed by atoms with Crippen molar-refractivity contribution in [1.29, 1.82) is 0 Å². The highest BCUT2D eigenvalue weighted by atomic mass is 16.6. The summed E-state index contributed by atoms with van der Waals surface area (Å²) in [5, 5.41) is 3.16. The van der Waals surface area contributed by atoms with E-state index in [1.165, 1.54) is 11.1 Å². The van der Waals surface area contributed by atoms with Gasteiger partial charge < -0.3 is 24.4 Å². The fourth-order valence-electron chi connectivity index (χ4n) is 5.80. The van der Waals surface area contributed by atoms with E-state index in [-0.39, 0.29) is 30.8 Å². The van der Waals surface area contributed by atoms with E-state index in [4.69, 9.17) is 14.2 Å². The number of ether oxygens (including phenoxy) is 3. The molecule has 7 heteroatoms. The van der Waals surface area contributed by atoms with Crippen molar-refractivity contribution in [2.24, 2.45) is 0 Å². The number of nitrogens with one attached hydrogen (secondary N) is 1. The zero-order valence-electron chi connectivity index (χ0n) is 21.4. The number of benzene rings is 1. The molecule has 2 heterocycles. The average Bonchev–Trinajstić information content (AvgIpc) is 2.82. The zero-order chi connectivity index (χ0) is 25.1. The molecule has 2 atom stereocenters. The van der Waals surface area contributed by atoms with Gasteiger partial charge in [-0.2, -0.15) is 0 Å². The number of carbonyl (C=O) groups is 2. The molecule has 1 spiro atoms. The van der Waals surface area contributed by atoms with Crippen molar-refractivity contribution < 1.29 is 23.8 Å². The highest BCUT2D eigenvalue weighted by Gasteiger charge is 2.50. The van der Waals surface area contributed by atoms with Crippen LogP contribution in [0.15, 0.2) is 30.8 Å². The molecule has 2 aliphatic heterocycles. The smallest absolute Gasteiger partial charge is 0.410 e. The van der Waals surface area contributed by atoms with Gasteiger partial charge in [0.2, 0.25) is 5.91 Å². The first kappa shape index (κ1) is 25.7. The van der Waals surface area contributed by atoms with Gasteiger partial charge >= 0.3 is 6.09 Å². The number of carbonyl (C=O) groups excluding carboxylic acids is 2. The molecule has 1 aromatic rings. The van der Waals surface area contributed by atoms with Crippen LogP contribution in [0.2, 0.25) is 0 Å². The van der Waals surface area contributed by atoms with Crippen molar-refractivity contribution in [3.8, 4) is 0 Å². The summed E-state index contributed by atoms with van der Waals surface area (Å²) in [6, 6.07) is 8.14. The Hall–Kier alpha value is -2.38. The minimum atomic E-state index is -0.648. The molecule has 7 nitrogen and oxygen atoms in total. The maximum atomic E-state index is 13.1. The lowest BCUT2D eigenvalue weighted by Crippen LogP contribution is -2.72. The van der Waals surface area contributed by atoms with Crippen LogP contribution in [0.3, 0.4) is 0 Å². The van der Waals surface area contributed by atoms with Gasteiger partial charge in [0.25, 0.3) is 0 Å². The Kier molecular flexibility index (Phi) is 7.86. The first-order valence-corrected chi connectivity index (χ1v) is 12.9. The number of likely N-dealkylation sites (tertiary alicyclic amines) is 1. The molecular weight excluding hydrogens is 444 g/mol. The highest BCUT2D eigenvalue weighted by Crippen LogP contribution is 2.37. The molecule has 3 fully saturated rings. The highest BCUT2D eigenvalue weighted by molar-refractivity contribution is 5.79. The van der Waals surface area contributed by atoms with E-state index in [9.17, 15) is 9.59 Å². The molecular formula is C28H40N2O5. The molecule has 35 heavy (non-hydrogen) atoms. The van der Waals surface area contributed by atoms with Crippen LogP contribution in [0.5, 0.6) is 0 Å². The lowest BCUT2D eigenvalue weighted by molar-refractivity contribution is -0.144. The van der Waals surface area contributed by atoms with Gasteiger partial charge in [0.05, 0.1) is 30.9 Å². The molecule has 1 N–H and O–H groups in total. The van der Waals surface area contributed by atoms with E-state index < -0.39 is 11.1 Å². The molecule has 192 valence electrons. The van der Waals surface area contributed by atoms with E-state index in [0.29, 0.717) is 25.7 Å². The maximum absolute atomic E-state index is 13.1. The van der Waals surface area contributed by atoms with Crippen LogP contribution in [0.25, 0.3) is 6.08 Å². The third-order valence-corrected chi connectivity index (χ3v) is 7.46. The second kappa shape index (κ2) is 10.7. The van der Waals surface area contributed by atoms with Crippen molar-refractivity contribution in [3.05, 3.63) is 42.0 Å². The Morgan fingerprint density at radius 1 is 1.26 bits per heavy atom. The number of amides is 2. The van der Waals surface area contributed by atoms with Gasteiger partial charge in [-0.1, -0.05) is 36.9 Å². The van der Waals surface area contributed by atoms with Crippen LogP contribution in [-0.4, -0.2) is 66.6 Å². The summed E-state index contributed by atoms with van der Waals surface area (Å²) in [7, 11) is 0. The van der Waals surface area contributed by atoms with E-state index >= 15 is 0 Å². The van der Waals surface area contributed by atoms with E-state index in [1.54, 1.807) is 4.90 Å². The van der Waals surface area contributed by atoms with Crippen molar-refractivity contribution in [3.63, 3.8) is 0 Å². The number of hydrogen-bond donors (Lipinski definition) is 1. The maximum Gasteiger partial charge on any atom is 0.410 e. The Morgan fingerprint density at radius 2 is 2.00 bits per heavy atom. The normalized spacial score (nSPS) is 29.5. The van der Waals surface area contributed by atoms with Gasteiger partial charge in [-0.25, -0.2) is 4.79 Å². The summed E-state index contributed by atoms with van der Waals surface area (Å²) in [5.41, 5.74) is 1.33. The topological polar surface area (TPSA) is 77.1 Å². The second-order valence-corrected chi connectivity index (χ2v) is 11.1. The predicted molar refractivity (Wildman–Crippen MR) is 135 cm³/mol. The van der Waals surface area contributed by atoms with Gasteiger partial charge in [-0.05, 0) is 76.3 Å². The fraction of sp³-hybridized carbons (Fsp3) is 0.643. The van der Waals surface area contributed by atoms with E-state index in [2.05, 4.69) is 36.2 Å². The molecule has 1 saturated carbocycles. The minimum absolute atomic E-state index is 0.0535. The minimum Gasteiger partial charge on any atom is -0.444 e. The van der Waals surface area contributed by atoms with Crippen LogP contribution < -0.4 is 5.32 Å². The summed E-state index contributed by atoms with van der Waals surface area (Å²) in [6.45, 7) is 10.9. The van der Waals surface area contributed by atoms with Crippen LogP contribution in [0.1, 0.15) is 76.3 Å². The summed E-state index contributed by atoms with van der Waals surface area (Å²) in [4.78, 5) is 27.2. The van der Waals surface area contributed by atoms with Gasteiger partial charge in [-0.15, -0.1) is 0 Å². The van der Waals surface area contributed by atoms with Gasteiger partial charge in [0.1, 0.15) is 12.2 Å². The van der Waals surface area contributed by atoms with Crippen LogP contribution in [0.4, 0.5) is 4.79 Å². The molecule has 4 rings (SSSR count). The Labute approximate surface area is 209 Å². The summed E-state index contributed by atoms with van der Waals surface area (Å²) in [6.07, 6.45) is 7.26. The monoisotopic (exact) mass is 484 g/mol. The summed E-state index contributed by atoms with van der Waals surface area (Å²) >= 11 is 0. The van der Waals surface area contributed by atoms with Crippen LogP contribution in [-0.2, 0) is 19.0 Å². The average molecular weight is 485 g/mol. The number of morpholine rings is 1. The number of hydrogen-bond acceptors (Lipinski definition) is 5. The first-order valence-electron chi connectivity index (χ1n) is 12.9. The van der Waals surface area contributed by atoms with Crippen LogP contribution in [0, 0.1) is 0 Å². The third kappa shape index (κ3) is 6.07. The molecule has 2 saturated heterocycles. The molecule has 1 aromatic carbocycles. The largest absolute Gasteiger partial charge is 0.444 e. The quantitative estimate of drug-likeness (QED) is 0.658. The Balaban J connectivity index is 1.43. The van der Waals surface area contributed by atoms with Crippen molar-refractivity contribution >= 4 is 18.1 Å². The zero-order valence-corrected chi connectivity index (χ0v) is 21.4. The van der Waals surface area contributed by atoms with Crippen molar-refractivity contribution in [2.45, 2.75) is 88.5 Å². The molecule has 2 amide bonds. The fourth-order valence-corrected chi connectivity index (χ4v) is 5.80. The van der Waals surface area contributed by atoms with Gasteiger partial charge in [0, 0.05) is 6.54 Å². The number of nitrogens with zero attached hydrogens (tertiary/aromatic N) is 1. The van der Waals surface area contributed by atoms with Crippen LogP contribution >= 0.6 is 0 Å². The van der Waals surface area contributed by atoms with Gasteiger partial charge in [-0.3, -0.25) is 4.79 Å². The molecule has 0 aromatic heterocycles. The molecule has 0 radical (unpaired) electrons. The number of piperidine rings is 1.